The molecule has 0 aliphatic carbocycles. The van der Waals surface area contributed by atoms with Gasteiger partial charge in [-0.1, -0.05) is 25.1 Å². The monoisotopic (exact) mass is 276 g/mol. The van der Waals surface area contributed by atoms with E-state index in [2.05, 4.69) is 5.32 Å². The summed E-state index contributed by atoms with van der Waals surface area (Å²) in [6, 6.07) is 9.90. The molecule has 0 aromatic heterocycles. The van der Waals surface area contributed by atoms with Crippen molar-refractivity contribution in [2.45, 2.75) is 25.9 Å². The van der Waals surface area contributed by atoms with Crippen LogP contribution in [-0.4, -0.2) is 43.6 Å². The zero-order valence-electron chi connectivity index (χ0n) is 12.3. The van der Waals surface area contributed by atoms with E-state index in [0.717, 1.165) is 38.2 Å². The predicted molar refractivity (Wildman–Crippen MR) is 79.8 cm³/mol. The van der Waals surface area contributed by atoms with Crippen molar-refractivity contribution >= 4 is 5.91 Å². The fraction of sp³-hybridized carbons (Fsp3) is 0.562. The summed E-state index contributed by atoms with van der Waals surface area (Å²) in [5.41, 5.74) is 0. The average molecular weight is 276 g/mol. The number of likely N-dealkylation sites (tertiary alicyclic amines) is 1. The first-order chi connectivity index (χ1) is 9.70. The number of carbonyl (C=O) groups excluding carboxylic acids is 1. The maximum atomic E-state index is 12.2. The van der Waals surface area contributed by atoms with Gasteiger partial charge in [-0.15, -0.1) is 0 Å². The topological polar surface area (TPSA) is 41.6 Å². The highest BCUT2D eigenvalue weighted by molar-refractivity contribution is 5.78. The summed E-state index contributed by atoms with van der Waals surface area (Å²) >= 11 is 0. The van der Waals surface area contributed by atoms with Crippen LogP contribution in [0.4, 0.5) is 0 Å². The third kappa shape index (κ3) is 3.97. The highest BCUT2D eigenvalue weighted by Gasteiger charge is 2.26. The lowest BCUT2D eigenvalue weighted by Crippen LogP contribution is -2.45. The Hall–Kier alpha value is -1.55. The van der Waals surface area contributed by atoms with E-state index in [0.29, 0.717) is 0 Å². The van der Waals surface area contributed by atoms with Crippen LogP contribution in [0.15, 0.2) is 30.3 Å². The Labute approximate surface area is 121 Å². The predicted octanol–water partition coefficient (Wildman–Crippen LogP) is 1.91. The van der Waals surface area contributed by atoms with Crippen LogP contribution in [0.1, 0.15) is 19.8 Å². The van der Waals surface area contributed by atoms with E-state index in [4.69, 9.17) is 4.74 Å². The van der Waals surface area contributed by atoms with Crippen LogP contribution in [0.2, 0.25) is 0 Å². The van der Waals surface area contributed by atoms with Gasteiger partial charge in [0.1, 0.15) is 11.9 Å². The Morgan fingerprint density at radius 3 is 2.60 bits per heavy atom. The number of nitrogens with zero attached hydrogens (tertiary/aromatic N) is 1. The highest BCUT2D eigenvalue weighted by Crippen LogP contribution is 2.19. The Morgan fingerprint density at radius 1 is 1.35 bits per heavy atom. The molecular weight excluding hydrogens is 252 g/mol. The fourth-order valence-corrected chi connectivity index (χ4v) is 2.59. The van der Waals surface area contributed by atoms with E-state index >= 15 is 0 Å². The van der Waals surface area contributed by atoms with Gasteiger partial charge in [-0.3, -0.25) is 4.79 Å². The van der Waals surface area contributed by atoms with Crippen LogP contribution in [0.5, 0.6) is 5.75 Å². The third-order valence-electron chi connectivity index (χ3n) is 3.73. The molecule has 0 bridgehead atoms. The Morgan fingerprint density at radius 2 is 2.00 bits per heavy atom. The summed E-state index contributed by atoms with van der Waals surface area (Å²) in [6.45, 7) is 4.31. The Bertz CT molecular complexity index is 414. The maximum Gasteiger partial charge on any atom is 0.226 e. The van der Waals surface area contributed by atoms with Crippen LogP contribution in [0.3, 0.4) is 0 Å². The number of para-hydroxylation sites is 1. The van der Waals surface area contributed by atoms with Crippen molar-refractivity contribution in [1.29, 1.82) is 0 Å². The lowest BCUT2D eigenvalue weighted by atomic mass is 10.0. The van der Waals surface area contributed by atoms with Crippen LogP contribution in [0.25, 0.3) is 0 Å². The second kappa shape index (κ2) is 7.29. The largest absolute Gasteiger partial charge is 0.490 e. The van der Waals surface area contributed by atoms with Gasteiger partial charge in [0, 0.05) is 38.4 Å². The molecule has 1 N–H and O–H groups in total. The standard InChI is InChI=1S/C16H24N2O2/c1-13(12-17-2)16(19)18-10-8-15(9-11-18)20-14-6-4-3-5-7-14/h3-7,13,15,17H,8-12H2,1-2H3. The first kappa shape index (κ1) is 14.9. The van der Waals surface area contributed by atoms with Crippen molar-refractivity contribution in [3.8, 4) is 5.75 Å². The molecule has 0 radical (unpaired) electrons. The Balaban J connectivity index is 1.79. The zero-order chi connectivity index (χ0) is 14.4. The molecule has 1 heterocycles. The summed E-state index contributed by atoms with van der Waals surface area (Å²) in [7, 11) is 1.88. The molecule has 0 spiro atoms. The number of amides is 1. The number of hydrogen-bond donors (Lipinski definition) is 1. The van der Waals surface area contributed by atoms with E-state index in [-0.39, 0.29) is 17.9 Å². The molecule has 1 unspecified atom stereocenters. The number of nitrogens with one attached hydrogen (secondary N) is 1. The molecule has 20 heavy (non-hydrogen) atoms. The van der Waals surface area contributed by atoms with Crippen molar-refractivity contribution in [3.05, 3.63) is 30.3 Å². The summed E-state index contributed by atoms with van der Waals surface area (Å²) in [4.78, 5) is 14.2. The lowest BCUT2D eigenvalue weighted by molar-refractivity contribution is -0.136. The molecule has 1 atom stereocenters. The first-order valence-corrected chi connectivity index (χ1v) is 7.36. The minimum atomic E-state index is 0.0478. The minimum absolute atomic E-state index is 0.0478. The summed E-state index contributed by atoms with van der Waals surface area (Å²) < 4.78 is 5.94. The van der Waals surface area contributed by atoms with Gasteiger partial charge in [0.05, 0.1) is 0 Å². The average Bonchev–Trinajstić information content (AvgIpc) is 2.48. The molecule has 1 fully saturated rings. The van der Waals surface area contributed by atoms with Crippen LogP contribution >= 0.6 is 0 Å². The van der Waals surface area contributed by atoms with Crippen LogP contribution < -0.4 is 10.1 Å². The number of piperidine rings is 1. The number of benzene rings is 1. The van der Waals surface area contributed by atoms with Crippen LogP contribution in [-0.2, 0) is 4.79 Å². The molecule has 1 saturated heterocycles. The van der Waals surface area contributed by atoms with Gasteiger partial charge in [-0.05, 0) is 19.2 Å². The second-order valence-electron chi connectivity index (χ2n) is 5.41. The van der Waals surface area contributed by atoms with Gasteiger partial charge in [-0.2, -0.15) is 0 Å². The quantitative estimate of drug-likeness (QED) is 0.893. The van der Waals surface area contributed by atoms with Gasteiger partial charge >= 0.3 is 0 Å². The molecule has 4 heteroatoms. The Kier molecular flexibility index (Phi) is 5.41. The molecule has 1 aliphatic heterocycles. The second-order valence-corrected chi connectivity index (χ2v) is 5.41. The number of carbonyl (C=O) groups is 1. The molecular formula is C16H24N2O2. The van der Waals surface area contributed by atoms with Gasteiger partial charge in [0.25, 0.3) is 0 Å². The van der Waals surface area contributed by atoms with Crippen molar-refractivity contribution in [2.75, 3.05) is 26.7 Å². The van der Waals surface area contributed by atoms with Gasteiger partial charge in [0.2, 0.25) is 5.91 Å². The van der Waals surface area contributed by atoms with Crippen molar-refractivity contribution in [2.24, 2.45) is 5.92 Å². The van der Waals surface area contributed by atoms with E-state index in [1.54, 1.807) is 0 Å². The van der Waals surface area contributed by atoms with Gasteiger partial charge in [0.15, 0.2) is 0 Å². The van der Waals surface area contributed by atoms with Gasteiger partial charge < -0.3 is 15.0 Å². The molecule has 1 amide bonds. The summed E-state index contributed by atoms with van der Waals surface area (Å²) in [5.74, 6) is 1.21. The van der Waals surface area contributed by atoms with Crippen LogP contribution in [0, 0.1) is 5.92 Å². The first-order valence-electron chi connectivity index (χ1n) is 7.36. The summed E-state index contributed by atoms with van der Waals surface area (Å²) in [6.07, 6.45) is 2.04. The van der Waals surface area contributed by atoms with E-state index in [1.165, 1.54) is 0 Å². The minimum Gasteiger partial charge on any atom is -0.490 e. The molecule has 110 valence electrons. The number of ether oxygens (including phenoxy) is 1. The molecule has 1 aromatic rings. The van der Waals surface area contributed by atoms with E-state index < -0.39 is 0 Å². The molecule has 0 saturated carbocycles. The van der Waals surface area contributed by atoms with Crippen molar-refractivity contribution < 1.29 is 9.53 Å². The number of rotatable bonds is 5. The van der Waals surface area contributed by atoms with Crippen molar-refractivity contribution in [3.63, 3.8) is 0 Å². The maximum absolute atomic E-state index is 12.2. The molecule has 2 rings (SSSR count). The molecule has 4 nitrogen and oxygen atoms in total. The molecule has 1 aromatic carbocycles. The van der Waals surface area contributed by atoms with E-state index in [1.807, 2.05) is 49.2 Å². The molecule has 1 aliphatic rings. The number of hydrogen-bond acceptors (Lipinski definition) is 3. The van der Waals surface area contributed by atoms with Crippen molar-refractivity contribution in [1.82, 2.24) is 10.2 Å². The van der Waals surface area contributed by atoms with Gasteiger partial charge in [-0.25, -0.2) is 0 Å². The summed E-state index contributed by atoms with van der Waals surface area (Å²) in [5, 5.41) is 3.06. The third-order valence-corrected chi connectivity index (χ3v) is 3.73. The SMILES string of the molecule is CNCC(C)C(=O)N1CCC(Oc2ccccc2)CC1. The zero-order valence-corrected chi connectivity index (χ0v) is 12.3. The smallest absolute Gasteiger partial charge is 0.226 e. The highest BCUT2D eigenvalue weighted by atomic mass is 16.5. The normalized spacial score (nSPS) is 17.8. The fourth-order valence-electron chi connectivity index (χ4n) is 2.59. The lowest BCUT2D eigenvalue weighted by Gasteiger charge is -2.33. The van der Waals surface area contributed by atoms with E-state index in [9.17, 15) is 4.79 Å².